The zero-order valence-corrected chi connectivity index (χ0v) is 24.0. The van der Waals surface area contributed by atoms with E-state index in [0.717, 1.165) is 31.5 Å². The van der Waals surface area contributed by atoms with Crippen molar-refractivity contribution in [3.05, 3.63) is 82.5 Å². The second kappa shape index (κ2) is 12.2. The van der Waals surface area contributed by atoms with E-state index in [2.05, 4.69) is 55.1 Å². The Morgan fingerprint density at radius 3 is 2.31 bits per heavy atom. The maximum absolute atomic E-state index is 13.6. The number of ether oxygens (including phenoxy) is 1. The third-order valence-corrected chi connectivity index (χ3v) is 7.21. The van der Waals surface area contributed by atoms with Gasteiger partial charge in [0.25, 0.3) is 11.8 Å². The minimum atomic E-state index is -0.391. The number of likely N-dealkylation sites (tertiary alicyclic amines) is 1. The first-order valence-corrected chi connectivity index (χ1v) is 13.8. The number of aromatic nitrogens is 1. The molecule has 8 heteroatoms. The van der Waals surface area contributed by atoms with Gasteiger partial charge in [-0.05, 0) is 74.1 Å². The van der Waals surface area contributed by atoms with Gasteiger partial charge in [0, 0.05) is 25.3 Å². The molecule has 4 rings (SSSR count). The molecule has 0 unspecified atom stereocenters. The highest BCUT2D eigenvalue weighted by atomic mass is 35.5. The monoisotopic (exact) mass is 548 g/mol. The van der Waals surface area contributed by atoms with Crippen molar-refractivity contribution in [2.75, 3.05) is 23.7 Å². The number of halogens is 1. The Morgan fingerprint density at radius 2 is 1.67 bits per heavy atom. The molecule has 1 saturated heterocycles. The minimum absolute atomic E-state index is 0.0340. The quantitative estimate of drug-likeness (QED) is 0.339. The molecule has 206 valence electrons. The average molecular weight is 549 g/mol. The van der Waals surface area contributed by atoms with Gasteiger partial charge in [-0.1, -0.05) is 50.6 Å². The summed E-state index contributed by atoms with van der Waals surface area (Å²) in [6.07, 6.45) is 3.30. The molecule has 1 aliphatic rings. The molecule has 7 nitrogen and oxygen atoms in total. The first-order chi connectivity index (χ1) is 18.5. The summed E-state index contributed by atoms with van der Waals surface area (Å²) in [6.45, 7) is 12.8. The van der Waals surface area contributed by atoms with Crippen LogP contribution in [0.2, 0.25) is 5.02 Å². The van der Waals surface area contributed by atoms with Gasteiger partial charge in [0.05, 0.1) is 21.8 Å². The predicted molar refractivity (Wildman–Crippen MR) is 157 cm³/mol. The number of amides is 2. The summed E-state index contributed by atoms with van der Waals surface area (Å²) in [7, 11) is 0. The molecule has 3 aromatic rings. The Kier molecular flexibility index (Phi) is 8.93. The molecule has 1 aromatic heterocycles. The summed E-state index contributed by atoms with van der Waals surface area (Å²) in [5, 5.41) is 6.16. The van der Waals surface area contributed by atoms with E-state index in [1.165, 1.54) is 6.20 Å². The fourth-order valence-electron chi connectivity index (χ4n) is 4.58. The normalized spacial score (nSPS) is 14.7. The molecular formula is C31H37ClN4O3. The van der Waals surface area contributed by atoms with Crippen LogP contribution in [0.25, 0.3) is 0 Å². The van der Waals surface area contributed by atoms with Crippen LogP contribution in [0.15, 0.2) is 60.8 Å². The third kappa shape index (κ3) is 7.37. The minimum Gasteiger partial charge on any atom is -0.489 e. The molecule has 0 bridgehead atoms. The van der Waals surface area contributed by atoms with Crippen LogP contribution in [-0.2, 0) is 5.41 Å². The van der Waals surface area contributed by atoms with Gasteiger partial charge >= 0.3 is 0 Å². The summed E-state index contributed by atoms with van der Waals surface area (Å²) >= 11 is 5.90. The highest BCUT2D eigenvalue weighted by Gasteiger charge is 2.26. The zero-order valence-electron chi connectivity index (χ0n) is 23.3. The number of hydrogen-bond acceptors (Lipinski definition) is 5. The molecule has 1 fully saturated rings. The number of nitrogens with one attached hydrogen (secondary N) is 2. The Hall–Kier alpha value is -3.42. The summed E-state index contributed by atoms with van der Waals surface area (Å²) in [6, 6.07) is 16.4. The average Bonchev–Trinajstić information content (AvgIpc) is 2.90. The van der Waals surface area contributed by atoms with Crippen molar-refractivity contribution in [3.8, 4) is 5.75 Å². The molecule has 0 aliphatic carbocycles. The van der Waals surface area contributed by atoms with Crippen molar-refractivity contribution in [2.24, 2.45) is 0 Å². The Morgan fingerprint density at radius 1 is 0.974 bits per heavy atom. The van der Waals surface area contributed by atoms with Crippen molar-refractivity contribution < 1.29 is 14.3 Å². The molecule has 2 aromatic carbocycles. The van der Waals surface area contributed by atoms with Crippen molar-refractivity contribution in [2.45, 2.75) is 65.0 Å². The van der Waals surface area contributed by atoms with E-state index >= 15 is 0 Å². The number of hydrogen-bond donors (Lipinski definition) is 2. The Bertz CT molecular complexity index is 1310. The molecule has 0 saturated carbocycles. The molecule has 2 amide bonds. The molecule has 1 aliphatic heterocycles. The summed E-state index contributed by atoms with van der Waals surface area (Å²) in [5.74, 6) is 0.199. The van der Waals surface area contributed by atoms with Gasteiger partial charge in [0.1, 0.15) is 17.7 Å². The number of carbonyl (C=O) groups is 2. The summed E-state index contributed by atoms with van der Waals surface area (Å²) in [4.78, 5) is 33.2. The Labute approximate surface area is 235 Å². The lowest BCUT2D eigenvalue weighted by Gasteiger charge is -2.35. The molecule has 0 spiro atoms. The van der Waals surface area contributed by atoms with Gasteiger partial charge < -0.3 is 20.3 Å². The second-order valence-corrected chi connectivity index (χ2v) is 11.7. The SMILES string of the molecule is CC(C)N1CCC(Oc2cc(C(C)(C)C)ccc2C(=O)Nc2ccccc2C(=O)Nc2ccc(Cl)cn2)CC1. The maximum Gasteiger partial charge on any atom is 0.259 e. The number of anilines is 2. The molecule has 2 heterocycles. The smallest absolute Gasteiger partial charge is 0.259 e. The van der Waals surface area contributed by atoms with Crippen LogP contribution in [0.5, 0.6) is 5.75 Å². The van der Waals surface area contributed by atoms with Gasteiger partial charge in [-0.15, -0.1) is 0 Å². The van der Waals surface area contributed by atoms with E-state index in [-0.39, 0.29) is 17.4 Å². The van der Waals surface area contributed by atoms with E-state index in [1.54, 1.807) is 36.4 Å². The maximum atomic E-state index is 13.6. The first-order valence-electron chi connectivity index (χ1n) is 13.4. The summed E-state index contributed by atoms with van der Waals surface area (Å²) < 4.78 is 6.49. The largest absolute Gasteiger partial charge is 0.489 e. The van der Waals surface area contributed by atoms with E-state index in [1.807, 2.05) is 18.2 Å². The van der Waals surface area contributed by atoms with Gasteiger partial charge in [-0.3, -0.25) is 9.59 Å². The number of para-hydroxylation sites is 1. The van der Waals surface area contributed by atoms with Gasteiger partial charge in [-0.2, -0.15) is 0 Å². The highest BCUT2D eigenvalue weighted by Crippen LogP contribution is 2.31. The van der Waals surface area contributed by atoms with E-state index in [9.17, 15) is 9.59 Å². The van der Waals surface area contributed by atoms with Crippen molar-refractivity contribution in [1.29, 1.82) is 0 Å². The van der Waals surface area contributed by atoms with E-state index in [4.69, 9.17) is 16.3 Å². The molecule has 39 heavy (non-hydrogen) atoms. The summed E-state index contributed by atoms with van der Waals surface area (Å²) in [5.41, 5.74) is 2.13. The fourth-order valence-corrected chi connectivity index (χ4v) is 4.69. The number of pyridine rings is 1. The van der Waals surface area contributed by atoms with Gasteiger partial charge in [-0.25, -0.2) is 4.98 Å². The predicted octanol–water partition coefficient (Wildman–Crippen LogP) is 6.79. The zero-order chi connectivity index (χ0) is 28.2. The molecular weight excluding hydrogens is 512 g/mol. The fraction of sp³-hybridized carbons (Fsp3) is 0.387. The number of carbonyl (C=O) groups excluding carboxylic acids is 2. The number of nitrogens with zero attached hydrogens (tertiary/aromatic N) is 2. The number of benzene rings is 2. The van der Waals surface area contributed by atoms with Gasteiger partial charge in [0.15, 0.2) is 0 Å². The standard InChI is InChI=1S/C31H37ClN4O3/c1-20(2)36-16-14-23(15-17-36)39-27-18-21(31(3,4)5)10-12-25(27)30(38)34-26-9-7-6-8-24(26)29(37)35-28-13-11-22(32)19-33-28/h6-13,18-20,23H,14-17H2,1-5H3,(H,34,38)(H,33,35,37). The van der Waals surface area contributed by atoms with Crippen molar-refractivity contribution in [1.82, 2.24) is 9.88 Å². The van der Waals surface area contributed by atoms with Crippen LogP contribution in [0.4, 0.5) is 11.5 Å². The topological polar surface area (TPSA) is 83.6 Å². The third-order valence-electron chi connectivity index (χ3n) is 6.98. The van der Waals surface area contributed by atoms with Crippen LogP contribution in [0.3, 0.4) is 0 Å². The number of piperidine rings is 1. The van der Waals surface area contributed by atoms with Crippen molar-refractivity contribution in [3.63, 3.8) is 0 Å². The van der Waals surface area contributed by atoms with Crippen LogP contribution >= 0.6 is 11.6 Å². The number of rotatable bonds is 7. The molecule has 0 radical (unpaired) electrons. The molecule has 0 atom stereocenters. The van der Waals surface area contributed by atoms with Crippen LogP contribution in [0, 0.1) is 0 Å². The highest BCUT2D eigenvalue weighted by molar-refractivity contribution is 6.30. The van der Waals surface area contributed by atoms with Crippen LogP contribution in [0.1, 0.15) is 73.7 Å². The van der Waals surface area contributed by atoms with Crippen LogP contribution in [-0.4, -0.2) is 46.9 Å². The van der Waals surface area contributed by atoms with E-state index in [0.29, 0.717) is 39.4 Å². The first kappa shape index (κ1) is 28.6. The lowest BCUT2D eigenvalue weighted by atomic mass is 9.86. The lowest BCUT2D eigenvalue weighted by molar-refractivity contribution is 0.0824. The lowest BCUT2D eigenvalue weighted by Crippen LogP contribution is -2.42. The van der Waals surface area contributed by atoms with E-state index < -0.39 is 5.91 Å². The molecule has 2 N–H and O–H groups in total. The van der Waals surface area contributed by atoms with Crippen LogP contribution < -0.4 is 15.4 Å². The van der Waals surface area contributed by atoms with Gasteiger partial charge in [0.2, 0.25) is 0 Å². The second-order valence-electron chi connectivity index (χ2n) is 11.2. The van der Waals surface area contributed by atoms with Crippen molar-refractivity contribution >= 4 is 34.9 Å². The Balaban J connectivity index is 1.56.